The van der Waals surface area contributed by atoms with Crippen molar-refractivity contribution < 1.29 is 4.39 Å². The summed E-state index contributed by atoms with van der Waals surface area (Å²) in [5, 5.41) is 0.747. The lowest BCUT2D eigenvalue weighted by molar-refractivity contribution is 0.560. The van der Waals surface area contributed by atoms with Gasteiger partial charge in [0.05, 0.1) is 6.04 Å². The highest BCUT2D eigenvalue weighted by Gasteiger charge is 2.27. The zero-order chi connectivity index (χ0) is 13.9. The fourth-order valence-electron chi connectivity index (χ4n) is 2.45. The Hall–Kier alpha value is -1.81. The molecule has 1 heterocycles. The molecule has 2 aromatic carbocycles. The quantitative estimate of drug-likeness (QED) is 0.904. The molecular weight excluding hydrogens is 271 g/mol. The fourth-order valence-corrected chi connectivity index (χ4v) is 3.50. The number of nitrogens with two attached hydrogens (primary N) is 1. The minimum atomic E-state index is -0.215. The maximum Gasteiger partial charge on any atom is 0.155 e. The van der Waals surface area contributed by atoms with E-state index < -0.39 is 0 Å². The Morgan fingerprint density at radius 2 is 1.75 bits per heavy atom. The van der Waals surface area contributed by atoms with E-state index in [4.69, 9.17) is 5.73 Å². The lowest BCUT2D eigenvalue weighted by Gasteiger charge is -2.26. The van der Waals surface area contributed by atoms with Gasteiger partial charge in [-0.1, -0.05) is 60.3 Å². The summed E-state index contributed by atoms with van der Waals surface area (Å²) < 4.78 is 13.9. The van der Waals surface area contributed by atoms with Crippen LogP contribution < -0.4 is 5.73 Å². The highest BCUT2D eigenvalue weighted by atomic mass is 32.2. The summed E-state index contributed by atoms with van der Waals surface area (Å²) in [5.41, 5.74) is 7.76. The maximum absolute atomic E-state index is 13.9. The molecule has 0 spiro atoms. The van der Waals surface area contributed by atoms with Gasteiger partial charge in [-0.2, -0.15) is 0 Å². The normalized spacial score (nSPS) is 22.4. The molecule has 2 N–H and O–H groups in total. The van der Waals surface area contributed by atoms with E-state index in [0.29, 0.717) is 10.7 Å². The average molecular weight is 286 g/mol. The maximum atomic E-state index is 13.9. The van der Waals surface area contributed by atoms with Gasteiger partial charge < -0.3 is 5.73 Å². The third-order valence-electron chi connectivity index (χ3n) is 3.42. The molecule has 4 heteroatoms. The van der Waals surface area contributed by atoms with Gasteiger partial charge in [0.1, 0.15) is 5.82 Å². The van der Waals surface area contributed by atoms with E-state index in [0.717, 1.165) is 6.42 Å². The van der Waals surface area contributed by atoms with Crippen LogP contribution in [0.4, 0.5) is 4.39 Å². The van der Waals surface area contributed by atoms with Gasteiger partial charge in [0, 0.05) is 10.8 Å². The first kappa shape index (κ1) is 13.2. The molecule has 0 radical (unpaired) electrons. The second-order valence-corrected chi connectivity index (χ2v) is 5.98. The molecule has 0 amide bonds. The Balaban J connectivity index is 1.91. The van der Waals surface area contributed by atoms with Crippen molar-refractivity contribution in [2.75, 3.05) is 0 Å². The van der Waals surface area contributed by atoms with Crippen LogP contribution in [-0.2, 0) is 0 Å². The molecule has 0 saturated heterocycles. The minimum Gasteiger partial charge on any atom is -0.379 e. The molecule has 1 aliphatic rings. The molecule has 20 heavy (non-hydrogen) atoms. The zero-order valence-electron chi connectivity index (χ0n) is 10.9. The predicted molar refractivity (Wildman–Crippen MR) is 82.2 cm³/mol. The topological polar surface area (TPSA) is 38.4 Å². The molecule has 0 saturated carbocycles. The van der Waals surface area contributed by atoms with Gasteiger partial charge in [0.2, 0.25) is 0 Å². The SMILES string of the molecule is NC1=N[C@H](c2ccccc2F)C[C@H](c2ccccc2)S1. The third kappa shape index (κ3) is 2.70. The zero-order valence-corrected chi connectivity index (χ0v) is 11.7. The van der Waals surface area contributed by atoms with Gasteiger partial charge in [-0.25, -0.2) is 4.39 Å². The Bertz CT molecular complexity index is 627. The molecular formula is C16H15FN2S. The minimum absolute atomic E-state index is 0.206. The van der Waals surface area contributed by atoms with Gasteiger partial charge >= 0.3 is 0 Å². The summed E-state index contributed by atoms with van der Waals surface area (Å²) in [6, 6.07) is 16.7. The first-order valence-electron chi connectivity index (χ1n) is 6.53. The fraction of sp³-hybridized carbons (Fsp3) is 0.188. The Morgan fingerprint density at radius 1 is 1.05 bits per heavy atom. The summed E-state index contributed by atoms with van der Waals surface area (Å²) in [5.74, 6) is -0.215. The van der Waals surface area contributed by atoms with E-state index in [1.165, 1.54) is 11.6 Å². The number of hydrogen-bond donors (Lipinski definition) is 1. The summed E-state index contributed by atoms with van der Waals surface area (Å²) in [6.07, 6.45) is 0.760. The van der Waals surface area contributed by atoms with Gasteiger partial charge in [-0.3, -0.25) is 4.99 Å². The molecule has 0 bridgehead atoms. The van der Waals surface area contributed by atoms with E-state index in [1.54, 1.807) is 23.9 Å². The van der Waals surface area contributed by atoms with E-state index in [1.807, 2.05) is 24.3 Å². The van der Waals surface area contributed by atoms with Gasteiger partial charge in [0.25, 0.3) is 0 Å². The third-order valence-corrected chi connectivity index (χ3v) is 4.52. The molecule has 2 nitrogen and oxygen atoms in total. The average Bonchev–Trinajstić information content (AvgIpc) is 2.48. The van der Waals surface area contributed by atoms with Crippen molar-refractivity contribution >= 4 is 16.9 Å². The largest absolute Gasteiger partial charge is 0.379 e. The molecule has 0 aliphatic carbocycles. The lowest BCUT2D eigenvalue weighted by Crippen LogP contribution is -2.19. The number of aliphatic imine (C=N–C) groups is 1. The smallest absolute Gasteiger partial charge is 0.155 e. The van der Waals surface area contributed by atoms with Crippen LogP contribution in [0.15, 0.2) is 59.6 Å². The molecule has 1 aliphatic heterocycles. The summed E-state index contributed by atoms with van der Waals surface area (Å²) >= 11 is 1.55. The molecule has 0 unspecified atom stereocenters. The first-order chi connectivity index (χ1) is 9.74. The second-order valence-electron chi connectivity index (χ2n) is 4.76. The molecule has 3 rings (SSSR count). The van der Waals surface area contributed by atoms with Crippen LogP contribution in [0, 0.1) is 5.82 Å². The molecule has 0 fully saturated rings. The Kier molecular flexibility index (Phi) is 3.74. The van der Waals surface area contributed by atoms with Crippen LogP contribution in [0.25, 0.3) is 0 Å². The van der Waals surface area contributed by atoms with Crippen molar-refractivity contribution in [2.24, 2.45) is 10.7 Å². The highest BCUT2D eigenvalue weighted by Crippen LogP contribution is 2.43. The van der Waals surface area contributed by atoms with Crippen LogP contribution in [-0.4, -0.2) is 5.17 Å². The lowest BCUT2D eigenvalue weighted by atomic mass is 9.98. The Morgan fingerprint density at radius 3 is 2.50 bits per heavy atom. The van der Waals surface area contributed by atoms with Crippen molar-refractivity contribution in [1.82, 2.24) is 0 Å². The van der Waals surface area contributed by atoms with Crippen molar-refractivity contribution in [1.29, 1.82) is 0 Å². The van der Waals surface area contributed by atoms with E-state index in [-0.39, 0.29) is 17.1 Å². The number of rotatable bonds is 2. The van der Waals surface area contributed by atoms with E-state index in [9.17, 15) is 4.39 Å². The number of hydrogen-bond acceptors (Lipinski definition) is 3. The molecule has 102 valence electrons. The van der Waals surface area contributed by atoms with Crippen molar-refractivity contribution in [2.45, 2.75) is 17.7 Å². The van der Waals surface area contributed by atoms with E-state index >= 15 is 0 Å². The molecule has 2 aromatic rings. The number of amidine groups is 1. The van der Waals surface area contributed by atoms with E-state index in [2.05, 4.69) is 17.1 Å². The molecule has 0 aromatic heterocycles. The number of benzene rings is 2. The first-order valence-corrected chi connectivity index (χ1v) is 7.41. The number of nitrogens with zero attached hydrogens (tertiary/aromatic N) is 1. The summed E-state index contributed by atoms with van der Waals surface area (Å²) in [4.78, 5) is 4.41. The van der Waals surface area contributed by atoms with Crippen LogP contribution in [0.3, 0.4) is 0 Å². The van der Waals surface area contributed by atoms with Gasteiger partial charge in [-0.15, -0.1) is 0 Å². The van der Waals surface area contributed by atoms with Crippen LogP contribution in [0.2, 0.25) is 0 Å². The molecule has 2 atom stereocenters. The van der Waals surface area contributed by atoms with Crippen molar-refractivity contribution in [3.63, 3.8) is 0 Å². The predicted octanol–water partition coefficient (Wildman–Crippen LogP) is 4.06. The van der Waals surface area contributed by atoms with Crippen LogP contribution in [0.1, 0.15) is 28.8 Å². The number of halogens is 1. The van der Waals surface area contributed by atoms with Gasteiger partial charge in [0.15, 0.2) is 5.17 Å². The summed E-state index contributed by atoms with van der Waals surface area (Å²) in [7, 11) is 0. The van der Waals surface area contributed by atoms with Crippen LogP contribution >= 0.6 is 11.8 Å². The summed E-state index contributed by atoms with van der Waals surface area (Å²) in [6.45, 7) is 0. The van der Waals surface area contributed by atoms with Crippen molar-refractivity contribution in [3.05, 3.63) is 71.5 Å². The Labute approximate surface area is 121 Å². The van der Waals surface area contributed by atoms with Crippen molar-refractivity contribution in [3.8, 4) is 0 Å². The monoisotopic (exact) mass is 286 g/mol. The number of thioether (sulfide) groups is 1. The standard InChI is InChI=1S/C16H15FN2S/c17-13-9-5-4-8-12(13)14-10-15(20-16(18)19-14)11-6-2-1-3-7-11/h1-9,14-15H,10H2,(H2,18,19)/t14-,15+/m0/s1. The second kappa shape index (κ2) is 5.67. The van der Waals surface area contributed by atoms with Gasteiger partial charge in [-0.05, 0) is 18.1 Å². The highest BCUT2D eigenvalue weighted by molar-refractivity contribution is 8.14. The van der Waals surface area contributed by atoms with Crippen LogP contribution in [0.5, 0.6) is 0 Å².